The van der Waals surface area contributed by atoms with Crippen LogP contribution in [0.3, 0.4) is 0 Å². The first-order valence-electron chi connectivity index (χ1n) is 21.9. The SMILES string of the molecule is C.COC(=O)N[C@H](C(=O)N1[C@@H]2CC[C@@H](C2)[C@H]1c1ncc(-c2ccc3c(c2)CCc2cc(-c4cnc([C@@H]5CCCN5C(=O)[C@@H](NC(=O)OC)C5CCOCC5)[nH]4)ccc2-3)[nH]1)C(C)C. The molecule has 15 heteroatoms. The number of H-pyrrole nitrogens is 2. The highest BCUT2D eigenvalue weighted by molar-refractivity contribution is 5.88. The van der Waals surface area contributed by atoms with Gasteiger partial charge in [-0.15, -0.1) is 0 Å². The zero-order valence-corrected chi connectivity index (χ0v) is 35.4. The second-order valence-electron chi connectivity index (χ2n) is 17.6. The molecule has 2 bridgehead atoms. The molecule has 2 aromatic carbocycles. The molecule has 4 fully saturated rings. The number of nitrogens with zero attached hydrogens (tertiary/aromatic N) is 4. The number of imidazole rings is 2. The predicted molar refractivity (Wildman–Crippen MR) is 233 cm³/mol. The first-order valence-corrected chi connectivity index (χ1v) is 21.9. The van der Waals surface area contributed by atoms with Crippen LogP contribution < -0.4 is 10.6 Å². The van der Waals surface area contributed by atoms with E-state index in [1.165, 1.54) is 36.5 Å². The number of piperidine rings is 1. The van der Waals surface area contributed by atoms with Gasteiger partial charge in [0.2, 0.25) is 11.8 Å². The van der Waals surface area contributed by atoms with E-state index in [4.69, 9.17) is 24.2 Å². The van der Waals surface area contributed by atoms with E-state index in [-0.39, 0.29) is 49.2 Å². The maximum Gasteiger partial charge on any atom is 0.407 e. The van der Waals surface area contributed by atoms with E-state index in [1.807, 2.05) is 36.0 Å². The lowest BCUT2D eigenvalue weighted by atomic mass is 9.83. The van der Waals surface area contributed by atoms with E-state index in [2.05, 4.69) is 57.0 Å². The quantitative estimate of drug-likeness (QED) is 0.129. The number of rotatable bonds is 10. The fraction of sp³-hybridized carbons (Fsp3) is 0.532. The van der Waals surface area contributed by atoms with Crippen LogP contribution in [0.25, 0.3) is 33.6 Å². The summed E-state index contributed by atoms with van der Waals surface area (Å²) in [6.07, 6.45) is 10.3. The van der Waals surface area contributed by atoms with Gasteiger partial charge in [0.1, 0.15) is 23.7 Å². The summed E-state index contributed by atoms with van der Waals surface area (Å²) in [4.78, 5) is 73.2. The maximum atomic E-state index is 14.0. The van der Waals surface area contributed by atoms with Gasteiger partial charge in [-0.25, -0.2) is 19.6 Å². The minimum absolute atomic E-state index is 0. The van der Waals surface area contributed by atoms with Crippen LogP contribution >= 0.6 is 0 Å². The third-order valence-corrected chi connectivity index (χ3v) is 13.8. The lowest BCUT2D eigenvalue weighted by Crippen LogP contribution is -2.54. The molecule has 9 rings (SSSR count). The van der Waals surface area contributed by atoms with Gasteiger partial charge < -0.3 is 44.6 Å². The van der Waals surface area contributed by atoms with Gasteiger partial charge in [-0.3, -0.25) is 9.59 Å². The molecule has 330 valence electrons. The highest BCUT2D eigenvalue weighted by atomic mass is 16.5. The molecule has 0 unspecified atom stereocenters. The van der Waals surface area contributed by atoms with Crippen molar-refractivity contribution in [1.82, 2.24) is 40.4 Å². The summed E-state index contributed by atoms with van der Waals surface area (Å²) in [5.41, 5.74) is 8.87. The van der Waals surface area contributed by atoms with Crippen LogP contribution in [0.15, 0.2) is 48.8 Å². The molecule has 6 atom stereocenters. The van der Waals surface area contributed by atoms with E-state index in [0.29, 0.717) is 38.5 Å². The fourth-order valence-electron chi connectivity index (χ4n) is 10.6. The Morgan fingerprint density at radius 3 is 2.03 bits per heavy atom. The summed E-state index contributed by atoms with van der Waals surface area (Å²) in [6.45, 7) is 5.60. The second kappa shape index (κ2) is 18.0. The van der Waals surface area contributed by atoms with Crippen LogP contribution in [0.1, 0.15) is 101 Å². The summed E-state index contributed by atoms with van der Waals surface area (Å²) in [6, 6.07) is 11.5. The molecule has 4 aromatic rings. The Morgan fingerprint density at radius 1 is 0.790 bits per heavy atom. The molecule has 0 spiro atoms. The molecule has 5 heterocycles. The van der Waals surface area contributed by atoms with Crippen molar-refractivity contribution in [1.29, 1.82) is 0 Å². The van der Waals surface area contributed by atoms with Crippen molar-refractivity contribution in [3.63, 3.8) is 0 Å². The average Bonchev–Trinajstić information content (AvgIpc) is 4.15. The molecule has 3 saturated heterocycles. The monoisotopic (exact) mass is 848 g/mol. The largest absolute Gasteiger partial charge is 0.453 e. The number of nitrogens with one attached hydrogen (secondary N) is 4. The highest BCUT2D eigenvalue weighted by Crippen LogP contribution is 2.50. The van der Waals surface area contributed by atoms with Gasteiger partial charge in [0.25, 0.3) is 0 Å². The van der Waals surface area contributed by atoms with Crippen LogP contribution in [0, 0.1) is 17.8 Å². The molecule has 2 aromatic heterocycles. The summed E-state index contributed by atoms with van der Waals surface area (Å²) < 4.78 is 15.3. The number of carbonyl (C=O) groups excluding carboxylic acids is 4. The van der Waals surface area contributed by atoms with Crippen molar-refractivity contribution < 1.29 is 33.4 Å². The predicted octanol–water partition coefficient (Wildman–Crippen LogP) is 7.12. The number of aryl methyl sites for hydroxylation is 2. The number of amides is 4. The van der Waals surface area contributed by atoms with E-state index in [9.17, 15) is 19.2 Å². The zero-order chi connectivity index (χ0) is 42.4. The first kappa shape index (κ1) is 43.0. The van der Waals surface area contributed by atoms with Gasteiger partial charge in [-0.2, -0.15) is 0 Å². The molecule has 1 saturated carbocycles. The molecule has 4 amide bonds. The molecule has 0 radical (unpaired) electrons. The number of hydrogen-bond donors (Lipinski definition) is 4. The maximum absolute atomic E-state index is 14.0. The van der Waals surface area contributed by atoms with Gasteiger partial charge in [-0.05, 0) is 121 Å². The highest BCUT2D eigenvalue weighted by Gasteiger charge is 2.51. The lowest BCUT2D eigenvalue weighted by Gasteiger charge is -2.37. The van der Waals surface area contributed by atoms with Gasteiger partial charge in [0, 0.05) is 25.8 Å². The van der Waals surface area contributed by atoms with Crippen molar-refractivity contribution in [3.8, 4) is 33.6 Å². The number of methoxy groups -OCH3 is 2. The van der Waals surface area contributed by atoms with Gasteiger partial charge in [0.05, 0.1) is 50.1 Å². The summed E-state index contributed by atoms with van der Waals surface area (Å²) >= 11 is 0. The molecule has 62 heavy (non-hydrogen) atoms. The Balaban J connectivity index is 0.00000529. The van der Waals surface area contributed by atoms with Crippen molar-refractivity contribution in [2.24, 2.45) is 17.8 Å². The molecular formula is C47H60N8O7. The average molecular weight is 849 g/mol. The molecule has 15 nitrogen and oxygen atoms in total. The number of carbonyl (C=O) groups is 4. The number of alkyl carbamates (subject to hydrolysis) is 2. The Morgan fingerprint density at radius 2 is 1.40 bits per heavy atom. The molecule has 5 aliphatic rings. The fourth-order valence-corrected chi connectivity index (χ4v) is 10.6. The minimum Gasteiger partial charge on any atom is -0.453 e. The number of aromatic nitrogens is 4. The molecular weight excluding hydrogens is 789 g/mol. The Kier molecular flexibility index (Phi) is 12.4. The zero-order valence-electron chi connectivity index (χ0n) is 35.4. The smallest absolute Gasteiger partial charge is 0.407 e. The normalized spacial score (nSPS) is 22.7. The number of likely N-dealkylation sites (tertiary alicyclic amines) is 2. The number of fused-ring (bicyclic) bond motifs is 5. The van der Waals surface area contributed by atoms with Crippen molar-refractivity contribution in [3.05, 3.63) is 71.6 Å². The Labute approximate surface area is 363 Å². The summed E-state index contributed by atoms with van der Waals surface area (Å²) in [7, 11) is 2.63. The summed E-state index contributed by atoms with van der Waals surface area (Å²) in [5.74, 6) is 1.54. The number of benzene rings is 2. The van der Waals surface area contributed by atoms with Crippen LogP contribution in [0.4, 0.5) is 9.59 Å². The van der Waals surface area contributed by atoms with E-state index >= 15 is 0 Å². The molecule has 4 N–H and O–H groups in total. The van der Waals surface area contributed by atoms with Crippen molar-refractivity contribution >= 4 is 24.0 Å². The third-order valence-electron chi connectivity index (χ3n) is 13.8. The summed E-state index contributed by atoms with van der Waals surface area (Å²) in [5, 5.41) is 5.60. The van der Waals surface area contributed by atoms with E-state index < -0.39 is 24.3 Å². The topological polar surface area (TPSA) is 184 Å². The number of hydrogen-bond acceptors (Lipinski definition) is 9. The van der Waals surface area contributed by atoms with Crippen LogP contribution in [-0.2, 0) is 36.6 Å². The minimum atomic E-state index is -0.681. The number of ether oxygens (including phenoxy) is 3. The van der Waals surface area contributed by atoms with E-state index in [1.54, 1.807) is 0 Å². The van der Waals surface area contributed by atoms with Crippen molar-refractivity contribution in [2.75, 3.05) is 34.0 Å². The van der Waals surface area contributed by atoms with E-state index in [0.717, 1.165) is 79.1 Å². The Bertz CT molecular complexity index is 2300. The van der Waals surface area contributed by atoms with Crippen LogP contribution in [0.5, 0.6) is 0 Å². The second-order valence-corrected chi connectivity index (χ2v) is 17.6. The Hall–Kier alpha value is -5.70. The third kappa shape index (κ3) is 8.07. The molecule has 2 aliphatic carbocycles. The first-order chi connectivity index (χ1) is 29.6. The van der Waals surface area contributed by atoms with Gasteiger partial charge in [0.15, 0.2) is 0 Å². The standard InChI is InChI=1S/C46H56N8O7.CH4/c1-25(2)38(51-45(57)59-3)44(56)54-32-12-9-31(22-32)40(54)42-48-24-36(50-42)30-11-14-34-28(21-30)8-7-27-20-29(10-13-33(27)34)35-23-47-41(49-35)37-6-5-17-53(37)43(55)39(52-46(58)60-4)26-15-18-61-19-16-26;/h10-11,13-14,20-21,23-26,31-32,37-40H,5-9,12,15-19,22H2,1-4H3,(H,47,49)(H,48,50)(H,51,57)(H,52,58);1H4/t31-,32+,37-,38-,39-,40-;/m0./s1. The van der Waals surface area contributed by atoms with Crippen molar-refractivity contribution in [2.45, 2.75) is 109 Å². The molecule has 3 aliphatic heterocycles. The lowest BCUT2D eigenvalue weighted by molar-refractivity contribution is -0.139. The van der Waals surface area contributed by atoms with Crippen LogP contribution in [-0.4, -0.2) is 106 Å². The van der Waals surface area contributed by atoms with Gasteiger partial charge >= 0.3 is 12.2 Å². The van der Waals surface area contributed by atoms with Crippen LogP contribution in [0.2, 0.25) is 0 Å². The van der Waals surface area contributed by atoms with Gasteiger partial charge in [-0.1, -0.05) is 45.5 Å². The number of aromatic amines is 2.